The van der Waals surface area contributed by atoms with Crippen LogP contribution in [0.25, 0.3) is 0 Å². The summed E-state index contributed by atoms with van der Waals surface area (Å²) in [6, 6.07) is 0. The fraction of sp³-hybridized carbons (Fsp3) is 0.824. The molecule has 0 saturated carbocycles. The van der Waals surface area contributed by atoms with Crippen LogP contribution in [-0.4, -0.2) is 22.8 Å². The third-order valence-electron chi connectivity index (χ3n) is 5.14. The Labute approximate surface area is 122 Å². The molecule has 1 saturated heterocycles. The van der Waals surface area contributed by atoms with E-state index in [1.165, 1.54) is 30.4 Å². The zero-order chi connectivity index (χ0) is 15.0. The van der Waals surface area contributed by atoms with Crippen LogP contribution in [0.1, 0.15) is 72.6 Å². The van der Waals surface area contributed by atoms with Gasteiger partial charge in [-0.3, -0.25) is 4.79 Å². The van der Waals surface area contributed by atoms with E-state index in [0.29, 0.717) is 19.3 Å². The number of esters is 1. The number of allylic oxidation sites excluding steroid dienone is 2. The fourth-order valence-corrected chi connectivity index (χ4v) is 3.73. The molecular formula is C17H28O3. The normalized spacial score (nSPS) is 29.2. The summed E-state index contributed by atoms with van der Waals surface area (Å²) in [7, 11) is 0. The molecule has 0 amide bonds. The minimum absolute atomic E-state index is 0.177. The van der Waals surface area contributed by atoms with Crippen molar-refractivity contribution in [3.05, 3.63) is 11.1 Å². The van der Waals surface area contributed by atoms with Gasteiger partial charge in [0.15, 0.2) is 0 Å². The first-order valence-electron chi connectivity index (χ1n) is 7.83. The van der Waals surface area contributed by atoms with Gasteiger partial charge < -0.3 is 9.84 Å². The molecule has 0 spiro atoms. The van der Waals surface area contributed by atoms with Gasteiger partial charge in [-0.2, -0.15) is 0 Å². The summed E-state index contributed by atoms with van der Waals surface area (Å²) in [5.74, 6) is -0.177. The van der Waals surface area contributed by atoms with Crippen LogP contribution in [-0.2, 0) is 9.53 Å². The molecule has 114 valence electrons. The lowest BCUT2D eigenvalue weighted by Crippen LogP contribution is -2.39. The third kappa shape index (κ3) is 3.25. The predicted molar refractivity (Wildman–Crippen MR) is 79.3 cm³/mol. The van der Waals surface area contributed by atoms with E-state index in [1.807, 2.05) is 6.92 Å². The first-order chi connectivity index (χ1) is 9.22. The molecule has 0 aromatic carbocycles. The highest BCUT2D eigenvalue weighted by Crippen LogP contribution is 2.43. The van der Waals surface area contributed by atoms with Gasteiger partial charge in [0.2, 0.25) is 0 Å². The lowest BCUT2D eigenvalue weighted by Gasteiger charge is -2.37. The van der Waals surface area contributed by atoms with Crippen molar-refractivity contribution < 1.29 is 14.6 Å². The molecular weight excluding hydrogens is 252 g/mol. The van der Waals surface area contributed by atoms with Gasteiger partial charge in [-0.15, -0.1) is 0 Å². The third-order valence-corrected chi connectivity index (χ3v) is 5.14. The Kier molecular flexibility index (Phi) is 4.29. The van der Waals surface area contributed by atoms with E-state index in [1.54, 1.807) is 0 Å². The van der Waals surface area contributed by atoms with Gasteiger partial charge in [0.25, 0.3) is 0 Å². The van der Waals surface area contributed by atoms with E-state index >= 15 is 0 Å². The van der Waals surface area contributed by atoms with Crippen LogP contribution in [0.3, 0.4) is 0 Å². The number of rotatable bonds is 4. The summed E-state index contributed by atoms with van der Waals surface area (Å²) in [4.78, 5) is 11.2. The molecule has 0 bridgehead atoms. The summed E-state index contributed by atoms with van der Waals surface area (Å²) < 4.78 is 5.24. The molecule has 0 aromatic rings. The molecule has 3 heteroatoms. The summed E-state index contributed by atoms with van der Waals surface area (Å²) in [5, 5.41) is 10.6. The molecule has 0 unspecified atom stereocenters. The zero-order valence-electron chi connectivity index (χ0n) is 13.3. The molecule has 2 aliphatic rings. The molecule has 3 nitrogen and oxygen atoms in total. The minimum Gasteiger partial charge on any atom is -0.459 e. The molecule has 1 aliphatic heterocycles. The van der Waals surface area contributed by atoms with Crippen molar-refractivity contribution in [1.82, 2.24) is 0 Å². The molecule has 1 aliphatic carbocycles. The summed E-state index contributed by atoms with van der Waals surface area (Å²) in [6.07, 6.45) is 5.99. The molecule has 0 radical (unpaired) electrons. The minimum atomic E-state index is -0.910. The number of carbonyl (C=O) groups excluding carboxylic acids is 1. The van der Waals surface area contributed by atoms with Crippen LogP contribution in [0.4, 0.5) is 0 Å². The number of carbonyl (C=O) groups is 1. The van der Waals surface area contributed by atoms with Crippen molar-refractivity contribution in [2.45, 2.75) is 84.3 Å². The maximum atomic E-state index is 11.2. The molecule has 1 heterocycles. The maximum absolute atomic E-state index is 11.2. The molecule has 0 aromatic heterocycles. The standard InChI is InChI=1S/C17H28O3/c1-12-6-5-10-16(2,3)13(12)9-11-17(4,19)14-7-8-15(18)20-14/h14,19H,5-11H2,1-4H3/t14-,17-/m0/s1. The average molecular weight is 280 g/mol. The SMILES string of the molecule is CC1=C(CC[C@](C)(O)[C@@H]2CCC(=O)O2)C(C)(C)CCC1. The Balaban J connectivity index is 2.02. The summed E-state index contributed by atoms with van der Waals surface area (Å²) in [5.41, 5.74) is 2.31. The van der Waals surface area contributed by atoms with Gasteiger partial charge in [0.1, 0.15) is 6.10 Å². The molecule has 2 atom stereocenters. The number of cyclic esters (lactones) is 1. The predicted octanol–water partition coefficient (Wildman–Crippen LogP) is 3.75. The van der Waals surface area contributed by atoms with Crippen LogP contribution < -0.4 is 0 Å². The van der Waals surface area contributed by atoms with Crippen molar-refractivity contribution in [2.24, 2.45) is 5.41 Å². The lowest BCUT2D eigenvalue weighted by atomic mass is 9.70. The Hall–Kier alpha value is -0.830. The fourth-order valence-electron chi connectivity index (χ4n) is 3.73. The van der Waals surface area contributed by atoms with Gasteiger partial charge in [-0.05, 0) is 57.8 Å². The van der Waals surface area contributed by atoms with Crippen molar-refractivity contribution in [3.63, 3.8) is 0 Å². The van der Waals surface area contributed by atoms with Crippen LogP contribution in [0.15, 0.2) is 11.1 Å². The monoisotopic (exact) mass is 280 g/mol. The van der Waals surface area contributed by atoms with Gasteiger partial charge in [0, 0.05) is 6.42 Å². The summed E-state index contributed by atoms with van der Waals surface area (Å²) in [6.45, 7) is 8.63. The van der Waals surface area contributed by atoms with Crippen LogP contribution in [0.2, 0.25) is 0 Å². The van der Waals surface area contributed by atoms with E-state index in [2.05, 4.69) is 20.8 Å². The molecule has 2 rings (SSSR count). The number of aliphatic hydroxyl groups is 1. The molecule has 1 fully saturated rings. The van der Waals surface area contributed by atoms with Gasteiger partial charge in [-0.1, -0.05) is 25.0 Å². The molecule has 1 N–H and O–H groups in total. The van der Waals surface area contributed by atoms with Crippen LogP contribution in [0.5, 0.6) is 0 Å². The topological polar surface area (TPSA) is 46.5 Å². The van der Waals surface area contributed by atoms with Crippen molar-refractivity contribution in [1.29, 1.82) is 0 Å². The second kappa shape index (κ2) is 5.51. The van der Waals surface area contributed by atoms with Gasteiger partial charge in [0.05, 0.1) is 5.60 Å². The number of ether oxygens (including phenoxy) is 1. The van der Waals surface area contributed by atoms with Crippen molar-refractivity contribution in [2.75, 3.05) is 0 Å². The highest BCUT2D eigenvalue weighted by atomic mass is 16.6. The quantitative estimate of drug-likeness (QED) is 0.630. The smallest absolute Gasteiger partial charge is 0.306 e. The van der Waals surface area contributed by atoms with E-state index in [4.69, 9.17) is 4.74 Å². The van der Waals surface area contributed by atoms with Crippen molar-refractivity contribution in [3.8, 4) is 0 Å². The Morgan fingerprint density at radius 3 is 2.65 bits per heavy atom. The highest BCUT2D eigenvalue weighted by molar-refractivity contribution is 5.71. The Morgan fingerprint density at radius 1 is 1.40 bits per heavy atom. The van der Waals surface area contributed by atoms with E-state index < -0.39 is 5.60 Å². The summed E-state index contributed by atoms with van der Waals surface area (Å²) >= 11 is 0. The number of hydrogen-bond donors (Lipinski definition) is 1. The Bertz CT molecular complexity index is 418. The van der Waals surface area contributed by atoms with Crippen molar-refractivity contribution >= 4 is 5.97 Å². The zero-order valence-corrected chi connectivity index (χ0v) is 13.3. The lowest BCUT2D eigenvalue weighted by molar-refractivity contribution is -0.152. The average Bonchev–Trinajstić information content (AvgIpc) is 2.75. The second-order valence-corrected chi connectivity index (χ2v) is 7.37. The van der Waals surface area contributed by atoms with Crippen LogP contribution >= 0.6 is 0 Å². The first-order valence-corrected chi connectivity index (χ1v) is 7.83. The van der Waals surface area contributed by atoms with E-state index in [0.717, 1.165) is 6.42 Å². The van der Waals surface area contributed by atoms with E-state index in [9.17, 15) is 9.90 Å². The van der Waals surface area contributed by atoms with Crippen LogP contribution in [0, 0.1) is 5.41 Å². The molecule has 20 heavy (non-hydrogen) atoms. The van der Waals surface area contributed by atoms with Gasteiger partial charge in [-0.25, -0.2) is 0 Å². The van der Waals surface area contributed by atoms with Gasteiger partial charge >= 0.3 is 5.97 Å². The first kappa shape index (κ1) is 15.6. The maximum Gasteiger partial charge on any atom is 0.306 e. The van der Waals surface area contributed by atoms with E-state index in [-0.39, 0.29) is 17.5 Å². The second-order valence-electron chi connectivity index (χ2n) is 7.37. The highest BCUT2D eigenvalue weighted by Gasteiger charge is 2.40. The Morgan fingerprint density at radius 2 is 2.10 bits per heavy atom. The number of hydrogen-bond acceptors (Lipinski definition) is 3. The largest absolute Gasteiger partial charge is 0.459 e.